The Kier molecular flexibility index (Phi) is 6.05. The number of amides is 3. The van der Waals surface area contributed by atoms with Gasteiger partial charge in [0.05, 0.1) is 6.54 Å². The molecule has 0 unspecified atom stereocenters. The number of carbonyl (C=O) groups is 3. The number of hydrogen-bond donors (Lipinski definition) is 1. The molecule has 7 heteroatoms. The molecule has 3 aromatic carbocycles. The van der Waals surface area contributed by atoms with Crippen molar-refractivity contribution in [1.82, 2.24) is 4.90 Å². The van der Waals surface area contributed by atoms with E-state index in [1.54, 1.807) is 36.2 Å². The van der Waals surface area contributed by atoms with Crippen LogP contribution in [0.25, 0.3) is 0 Å². The molecule has 0 atom stereocenters. The molecule has 160 valence electrons. The Hall–Kier alpha value is -3.90. The van der Waals surface area contributed by atoms with Crippen LogP contribution in [0.15, 0.2) is 95.7 Å². The second kappa shape index (κ2) is 9.08. The highest BCUT2D eigenvalue weighted by atomic mass is 35.5. The van der Waals surface area contributed by atoms with Gasteiger partial charge in [0, 0.05) is 24.0 Å². The van der Waals surface area contributed by atoms with Crippen LogP contribution in [0.3, 0.4) is 0 Å². The highest BCUT2D eigenvalue weighted by Crippen LogP contribution is 2.27. The van der Waals surface area contributed by atoms with E-state index < -0.39 is 11.8 Å². The van der Waals surface area contributed by atoms with Gasteiger partial charge in [0.1, 0.15) is 10.7 Å². The molecule has 0 aromatic heterocycles. The van der Waals surface area contributed by atoms with Gasteiger partial charge in [0.25, 0.3) is 17.7 Å². The first-order valence-corrected chi connectivity index (χ1v) is 10.3. The smallest absolute Gasteiger partial charge is 0.279 e. The third-order valence-corrected chi connectivity index (χ3v) is 5.49. The van der Waals surface area contributed by atoms with Crippen molar-refractivity contribution >= 4 is 40.7 Å². The first-order valence-electron chi connectivity index (χ1n) is 9.96. The third kappa shape index (κ3) is 4.26. The average Bonchev–Trinajstić information content (AvgIpc) is 3.03. The molecule has 0 radical (unpaired) electrons. The Morgan fingerprint density at radius 1 is 0.875 bits per heavy atom. The van der Waals surface area contributed by atoms with E-state index in [0.29, 0.717) is 11.3 Å². The third-order valence-electron chi connectivity index (χ3n) is 5.14. The molecule has 3 amide bonds. The van der Waals surface area contributed by atoms with Crippen molar-refractivity contribution in [3.05, 3.63) is 107 Å². The number of imide groups is 1. The Balaban J connectivity index is 1.46. The van der Waals surface area contributed by atoms with Gasteiger partial charge in [-0.2, -0.15) is 0 Å². The van der Waals surface area contributed by atoms with E-state index in [9.17, 15) is 14.4 Å². The predicted molar refractivity (Wildman–Crippen MR) is 124 cm³/mol. The van der Waals surface area contributed by atoms with Crippen LogP contribution in [0, 0.1) is 0 Å². The van der Waals surface area contributed by atoms with Crippen LogP contribution in [0.1, 0.15) is 15.9 Å². The van der Waals surface area contributed by atoms with Crippen LogP contribution < -0.4 is 10.2 Å². The highest BCUT2D eigenvalue weighted by Gasteiger charge is 2.37. The number of anilines is 2. The average molecular weight is 446 g/mol. The van der Waals surface area contributed by atoms with Crippen LogP contribution in [0.5, 0.6) is 0 Å². The Morgan fingerprint density at radius 2 is 1.47 bits per heavy atom. The number of rotatable bonds is 6. The van der Waals surface area contributed by atoms with E-state index in [0.717, 1.165) is 16.2 Å². The van der Waals surface area contributed by atoms with Gasteiger partial charge in [-0.05, 0) is 42.0 Å². The fourth-order valence-corrected chi connectivity index (χ4v) is 3.60. The molecule has 0 spiro atoms. The molecule has 1 aliphatic heterocycles. The molecule has 4 rings (SSSR count). The van der Waals surface area contributed by atoms with Crippen molar-refractivity contribution < 1.29 is 14.4 Å². The van der Waals surface area contributed by atoms with E-state index in [2.05, 4.69) is 5.32 Å². The van der Waals surface area contributed by atoms with Gasteiger partial charge in [0.15, 0.2) is 0 Å². The maximum absolute atomic E-state index is 12.8. The van der Waals surface area contributed by atoms with Crippen molar-refractivity contribution in [3.8, 4) is 0 Å². The molecule has 1 aliphatic rings. The normalized spacial score (nSPS) is 13.5. The van der Waals surface area contributed by atoms with Gasteiger partial charge < -0.3 is 10.2 Å². The molecule has 3 aromatic rings. The summed E-state index contributed by atoms with van der Waals surface area (Å²) in [5.74, 6) is -1.20. The lowest BCUT2D eigenvalue weighted by atomic mass is 10.1. The summed E-state index contributed by atoms with van der Waals surface area (Å²) in [6, 6.07) is 25.2. The molecule has 32 heavy (non-hydrogen) atoms. The Labute approximate surface area is 190 Å². The Morgan fingerprint density at radius 3 is 2.09 bits per heavy atom. The quantitative estimate of drug-likeness (QED) is 0.571. The van der Waals surface area contributed by atoms with E-state index in [4.69, 9.17) is 11.6 Å². The first kappa shape index (κ1) is 21.3. The number of benzene rings is 3. The molecular formula is C25H20ClN3O3. The lowest BCUT2D eigenvalue weighted by Crippen LogP contribution is -2.31. The summed E-state index contributed by atoms with van der Waals surface area (Å²) in [6.45, 7) is 0.138. The summed E-state index contributed by atoms with van der Waals surface area (Å²) in [4.78, 5) is 40.7. The second-order valence-electron chi connectivity index (χ2n) is 7.27. The monoisotopic (exact) mass is 445 g/mol. The summed E-state index contributed by atoms with van der Waals surface area (Å²) >= 11 is 6.17. The van der Waals surface area contributed by atoms with E-state index in [-0.39, 0.29) is 23.2 Å². The van der Waals surface area contributed by atoms with Crippen LogP contribution in [0.4, 0.5) is 11.4 Å². The van der Waals surface area contributed by atoms with Crippen LogP contribution in [0.2, 0.25) is 0 Å². The predicted octanol–water partition coefficient (Wildman–Crippen LogP) is 4.39. The molecular weight excluding hydrogens is 426 g/mol. The van der Waals surface area contributed by atoms with Gasteiger partial charge in [-0.25, -0.2) is 0 Å². The summed E-state index contributed by atoms with van der Waals surface area (Å²) in [6.07, 6.45) is 0. The fraction of sp³-hybridized carbons (Fsp3) is 0.0800. The molecule has 0 aliphatic carbocycles. The minimum absolute atomic E-state index is 0.0214. The first-order chi connectivity index (χ1) is 15.5. The molecule has 0 fully saturated rings. The standard InChI is InChI=1S/C25H20ClN3O3/c1-28(20-10-6-3-7-11-20)23(30)18-12-14-19(15-13-18)27-22-21(26)24(31)29(25(22)32)16-17-8-4-2-5-9-17/h2-15,27H,16H2,1H3. The number of nitrogens with zero attached hydrogens (tertiary/aromatic N) is 2. The molecule has 0 bridgehead atoms. The van der Waals surface area contributed by atoms with Gasteiger partial charge in [-0.15, -0.1) is 0 Å². The summed E-state index contributed by atoms with van der Waals surface area (Å²) < 4.78 is 0. The van der Waals surface area contributed by atoms with Crippen molar-refractivity contribution in [2.75, 3.05) is 17.3 Å². The zero-order chi connectivity index (χ0) is 22.7. The zero-order valence-corrected chi connectivity index (χ0v) is 18.0. The van der Waals surface area contributed by atoms with E-state index in [1.807, 2.05) is 60.7 Å². The van der Waals surface area contributed by atoms with Crippen molar-refractivity contribution in [1.29, 1.82) is 0 Å². The molecule has 0 saturated heterocycles. The number of carbonyl (C=O) groups excluding carboxylic acids is 3. The molecule has 0 saturated carbocycles. The lowest BCUT2D eigenvalue weighted by molar-refractivity contribution is -0.138. The van der Waals surface area contributed by atoms with Crippen LogP contribution >= 0.6 is 11.6 Å². The topological polar surface area (TPSA) is 69.7 Å². The lowest BCUT2D eigenvalue weighted by Gasteiger charge is -2.17. The largest absolute Gasteiger partial charge is 0.350 e. The maximum Gasteiger partial charge on any atom is 0.279 e. The zero-order valence-electron chi connectivity index (χ0n) is 17.3. The van der Waals surface area contributed by atoms with Crippen molar-refractivity contribution in [3.63, 3.8) is 0 Å². The van der Waals surface area contributed by atoms with Crippen molar-refractivity contribution in [2.24, 2.45) is 0 Å². The summed E-state index contributed by atoms with van der Waals surface area (Å²) in [5.41, 5.74) is 2.66. The number of halogens is 1. The number of para-hydroxylation sites is 1. The van der Waals surface area contributed by atoms with Crippen LogP contribution in [-0.4, -0.2) is 29.7 Å². The van der Waals surface area contributed by atoms with Gasteiger partial charge in [-0.3, -0.25) is 19.3 Å². The van der Waals surface area contributed by atoms with Gasteiger partial charge in [-0.1, -0.05) is 60.1 Å². The molecule has 6 nitrogen and oxygen atoms in total. The van der Waals surface area contributed by atoms with Gasteiger partial charge >= 0.3 is 0 Å². The summed E-state index contributed by atoms with van der Waals surface area (Å²) in [5, 5.41) is 2.77. The SMILES string of the molecule is CN(C(=O)c1ccc(NC2=C(Cl)C(=O)N(Cc3ccccc3)C2=O)cc1)c1ccccc1. The number of hydrogen-bond acceptors (Lipinski definition) is 4. The number of nitrogens with one attached hydrogen (secondary N) is 1. The molecule has 1 N–H and O–H groups in total. The fourth-order valence-electron chi connectivity index (χ4n) is 3.37. The molecule has 1 heterocycles. The highest BCUT2D eigenvalue weighted by molar-refractivity contribution is 6.48. The Bertz CT molecular complexity index is 1190. The minimum atomic E-state index is -0.542. The van der Waals surface area contributed by atoms with Crippen LogP contribution in [-0.2, 0) is 16.1 Å². The minimum Gasteiger partial charge on any atom is -0.350 e. The van der Waals surface area contributed by atoms with Crippen molar-refractivity contribution in [2.45, 2.75) is 6.54 Å². The summed E-state index contributed by atoms with van der Waals surface area (Å²) in [7, 11) is 1.71. The maximum atomic E-state index is 12.8. The van der Waals surface area contributed by atoms with E-state index in [1.165, 1.54) is 0 Å². The van der Waals surface area contributed by atoms with E-state index >= 15 is 0 Å². The van der Waals surface area contributed by atoms with Gasteiger partial charge in [0.2, 0.25) is 0 Å². The second-order valence-corrected chi connectivity index (χ2v) is 7.65.